The molecule has 0 spiro atoms. The lowest BCUT2D eigenvalue weighted by molar-refractivity contribution is 0.346. The third kappa shape index (κ3) is 4.55. The van der Waals surface area contributed by atoms with Gasteiger partial charge in [-0.2, -0.15) is 4.31 Å². The third-order valence-electron chi connectivity index (χ3n) is 4.38. The maximum atomic E-state index is 12.6. The first-order valence-corrected chi connectivity index (χ1v) is 10.1. The van der Waals surface area contributed by atoms with Gasteiger partial charge < -0.3 is 5.32 Å². The summed E-state index contributed by atoms with van der Waals surface area (Å²) in [6.45, 7) is 3.89. The van der Waals surface area contributed by atoms with Crippen LogP contribution in [0.25, 0.3) is 0 Å². The zero-order chi connectivity index (χ0) is 17.7. The Morgan fingerprint density at radius 1 is 1.04 bits per heavy atom. The van der Waals surface area contributed by atoms with Gasteiger partial charge in [-0.15, -0.1) is 0 Å². The smallest absolute Gasteiger partial charge is 0.244 e. The van der Waals surface area contributed by atoms with Gasteiger partial charge in [-0.3, -0.25) is 4.98 Å². The fourth-order valence-corrected chi connectivity index (χ4v) is 4.34. The highest BCUT2D eigenvalue weighted by molar-refractivity contribution is 7.89. The summed E-state index contributed by atoms with van der Waals surface area (Å²) in [5.41, 5.74) is 2.16. The molecule has 6 nitrogen and oxygen atoms in total. The van der Waals surface area contributed by atoms with Gasteiger partial charge >= 0.3 is 0 Å². The number of pyridine rings is 2. The molecule has 134 valence electrons. The Balaban J connectivity index is 1.57. The Kier molecular flexibility index (Phi) is 5.65. The molecule has 0 saturated carbocycles. The highest BCUT2D eigenvalue weighted by Crippen LogP contribution is 2.20. The molecular formula is C18H24N4O2S. The molecule has 3 heterocycles. The molecule has 7 heteroatoms. The minimum Gasteiger partial charge on any atom is -0.370 e. The van der Waals surface area contributed by atoms with Crippen molar-refractivity contribution < 1.29 is 8.42 Å². The summed E-state index contributed by atoms with van der Waals surface area (Å²) in [6.07, 6.45) is 7.12. The van der Waals surface area contributed by atoms with Crippen LogP contribution >= 0.6 is 0 Å². The van der Waals surface area contributed by atoms with E-state index in [1.807, 2.05) is 19.2 Å². The SMILES string of the molecule is Cc1ccc(CCNc2ccc(S(=O)(=O)N3CCCCC3)cn2)cn1. The molecular weight excluding hydrogens is 336 g/mol. The average Bonchev–Trinajstić information content (AvgIpc) is 2.64. The molecule has 0 atom stereocenters. The van der Waals surface area contributed by atoms with Gasteiger partial charge in [0.05, 0.1) is 0 Å². The van der Waals surface area contributed by atoms with Crippen molar-refractivity contribution in [2.75, 3.05) is 25.0 Å². The maximum absolute atomic E-state index is 12.6. The molecule has 2 aromatic heterocycles. The lowest BCUT2D eigenvalue weighted by Crippen LogP contribution is -2.35. The number of hydrogen-bond acceptors (Lipinski definition) is 5. The molecule has 1 aliphatic rings. The Morgan fingerprint density at radius 3 is 2.48 bits per heavy atom. The fraction of sp³-hybridized carbons (Fsp3) is 0.444. The summed E-state index contributed by atoms with van der Waals surface area (Å²) in [5, 5.41) is 3.22. The summed E-state index contributed by atoms with van der Waals surface area (Å²) in [4.78, 5) is 8.79. The zero-order valence-corrected chi connectivity index (χ0v) is 15.3. The molecule has 0 aliphatic carbocycles. The molecule has 25 heavy (non-hydrogen) atoms. The highest BCUT2D eigenvalue weighted by atomic mass is 32.2. The third-order valence-corrected chi connectivity index (χ3v) is 6.26. The minimum atomic E-state index is -3.41. The van der Waals surface area contributed by atoms with E-state index >= 15 is 0 Å². The number of aryl methyl sites for hydroxylation is 1. The van der Waals surface area contributed by atoms with Gasteiger partial charge in [-0.05, 0) is 49.9 Å². The van der Waals surface area contributed by atoms with Gasteiger partial charge in [0.2, 0.25) is 10.0 Å². The highest BCUT2D eigenvalue weighted by Gasteiger charge is 2.25. The van der Waals surface area contributed by atoms with Crippen LogP contribution in [-0.2, 0) is 16.4 Å². The van der Waals surface area contributed by atoms with Crippen molar-refractivity contribution in [3.05, 3.63) is 47.9 Å². The van der Waals surface area contributed by atoms with Crippen molar-refractivity contribution >= 4 is 15.8 Å². The van der Waals surface area contributed by atoms with Crippen molar-refractivity contribution in [3.8, 4) is 0 Å². The van der Waals surface area contributed by atoms with E-state index in [9.17, 15) is 8.42 Å². The van der Waals surface area contributed by atoms with E-state index in [2.05, 4.69) is 21.4 Å². The first kappa shape index (κ1) is 17.8. The van der Waals surface area contributed by atoms with Gasteiger partial charge in [0.25, 0.3) is 0 Å². The fourth-order valence-electron chi connectivity index (χ4n) is 2.87. The Morgan fingerprint density at radius 2 is 1.84 bits per heavy atom. The Hall–Kier alpha value is -1.99. The normalized spacial score (nSPS) is 15.9. The van der Waals surface area contributed by atoms with Gasteiger partial charge in [-0.25, -0.2) is 13.4 Å². The number of piperidine rings is 1. The van der Waals surface area contributed by atoms with Crippen molar-refractivity contribution in [3.63, 3.8) is 0 Å². The molecule has 0 radical (unpaired) electrons. The first-order valence-electron chi connectivity index (χ1n) is 8.67. The van der Waals surface area contributed by atoms with Crippen LogP contribution in [-0.4, -0.2) is 42.3 Å². The number of hydrogen-bond donors (Lipinski definition) is 1. The van der Waals surface area contributed by atoms with E-state index in [0.29, 0.717) is 18.9 Å². The number of nitrogens with one attached hydrogen (secondary N) is 1. The van der Waals surface area contributed by atoms with Crippen molar-refractivity contribution in [1.29, 1.82) is 0 Å². The molecule has 0 aromatic carbocycles. The van der Waals surface area contributed by atoms with Crippen LogP contribution < -0.4 is 5.32 Å². The topological polar surface area (TPSA) is 75.2 Å². The standard InChI is InChI=1S/C18H24N4O2S/c1-15-5-6-16(13-20-15)9-10-19-18-8-7-17(14-21-18)25(23,24)22-11-3-2-4-12-22/h5-8,13-14H,2-4,9-12H2,1H3,(H,19,21). The van der Waals surface area contributed by atoms with Gasteiger partial charge in [0.1, 0.15) is 10.7 Å². The second-order valence-electron chi connectivity index (χ2n) is 6.33. The van der Waals surface area contributed by atoms with Gasteiger partial charge in [-0.1, -0.05) is 12.5 Å². The molecule has 1 aliphatic heterocycles. The lowest BCUT2D eigenvalue weighted by Gasteiger charge is -2.25. The predicted octanol–water partition coefficient (Wildman–Crippen LogP) is 2.61. The number of aromatic nitrogens is 2. The summed E-state index contributed by atoms with van der Waals surface area (Å²) < 4.78 is 26.7. The van der Waals surface area contributed by atoms with Crippen molar-refractivity contribution in [1.82, 2.24) is 14.3 Å². The van der Waals surface area contributed by atoms with Crippen LogP contribution in [0.15, 0.2) is 41.6 Å². The van der Waals surface area contributed by atoms with Gasteiger partial charge in [0.15, 0.2) is 0 Å². The molecule has 0 unspecified atom stereocenters. The quantitative estimate of drug-likeness (QED) is 0.857. The maximum Gasteiger partial charge on any atom is 0.244 e. The minimum absolute atomic E-state index is 0.266. The molecule has 1 N–H and O–H groups in total. The van der Waals surface area contributed by atoms with E-state index in [-0.39, 0.29) is 4.90 Å². The number of sulfonamides is 1. The summed E-state index contributed by atoms with van der Waals surface area (Å²) >= 11 is 0. The van der Waals surface area contributed by atoms with Gasteiger partial charge in [0, 0.05) is 37.7 Å². The zero-order valence-electron chi connectivity index (χ0n) is 14.5. The summed E-state index contributed by atoms with van der Waals surface area (Å²) in [7, 11) is -3.41. The van der Waals surface area contributed by atoms with Crippen LogP contribution in [0, 0.1) is 6.92 Å². The van der Waals surface area contributed by atoms with Crippen molar-refractivity contribution in [2.45, 2.75) is 37.5 Å². The number of nitrogens with zero attached hydrogens (tertiary/aromatic N) is 3. The molecule has 0 amide bonds. The van der Waals surface area contributed by atoms with Crippen LogP contribution in [0.4, 0.5) is 5.82 Å². The van der Waals surface area contributed by atoms with Crippen LogP contribution in [0.2, 0.25) is 0 Å². The molecule has 3 rings (SSSR count). The molecule has 1 fully saturated rings. The lowest BCUT2D eigenvalue weighted by atomic mass is 10.2. The average molecular weight is 360 g/mol. The Bertz CT molecular complexity index is 783. The van der Waals surface area contributed by atoms with E-state index in [4.69, 9.17) is 0 Å². The number of rotatable bonds is 6. The summed E-state index contributed by atoms with van der Waals surface area (Å²) in [6, 6.07) is 7.41. The van der Waals surface area contributed by atoms with E-state index in [1.54, 1.807) is 16.4 Å². The first-order chi connectivity index (χ1) is 12.1. The largest absolute Gasteiger partial charge is 0.370 e. The van der Waals surface area contributed by atoms with Crippen LogP contribution in [0.5, 0.6) is 0 Å². The predicted molar refractivity (Wildman–Crippen MR) is 98.0 cm³/mol. The summed E-state index contributed by atoms with van der Waals surface area (Å²) in [5.74, 6) is 0.678. The van der Waals surface area contributed by atoms with Crippen LogP contribution in [0.3, 0.4) is 0 Å². The van der Waals surface area contributed by atoms with Crippen molar-refractivity contribution in [2.24, 2.45) is 0 Å². The van der Waals surface area contributed by atoms with E-state index in [1.165, 1.54) is 6.20 Å². The second kappa shape index (κ2) is 7.93. The van der Waals surface area contributed by atoms with E-state index < -0.39 is 10.0 Å². The van der Waals surface area contributed by atoms with Crippen LogP contribution in [0.1, 0.15) is 30.5 Å². The molecule has 0 bridgehead atoms. The second-order valence-corrected chi connectivity index (χ2v) is 8.27. The monoisotopic (exact) mass is 360 g/mol. The Labute approximate surface area is 149 Å². The number of anilines is 1. The molecule has 2 aromatic rings. The molecule has 1 saturated heterocycles. The van der Waals surface area contributed by atoms with E-state index in [0.717, 1.165) is 43.5 Å².